The van der Waals surface area contributed by atoms with Gasteiger partial charge in [-0.1, -0.05) is 22.3 Å². The summed E-state index contributed by atoms with van der Waals surface area (Å²) in [5.74, 6) is 0.284. The third kappa shape index (κ3) is 1.53. The number of fused-ring (bicyclic) bond motifs is 3. The number of hydrogen-bond acceptors (Lipinski definition) is 4. The third-order valence-electron chi connectivity index (χ3n) is 2.98. The lowest BCUT2D eigenvalue weighted by molar-refractivity contribution is -0.533. The predicted octanol–water partition coefficient (Wildman–Crippen LogP) is 2.89. The Balaban J connectivity index is 2.64. The highest BCUT2D eigenvalue weighted by atomic mass is 35.5. The Labute approximate surface area is 112 Å². The second-order valence-corrected chi connectivity index (χ2v) is 4.33. The van der Waals surface area contributed by atoms with Crippen molar-refractivity contribution in [2.24, 2.45) is 0 Å². The van der Waals surface area contributed by atoms with Crippen molar-refractivity contribution in [3.8, 4) is 5.75 Å². The van der Waals surface area contributed by atoms with Crippen molar-refractivity contribution in [1.82, 2.24) is 9.66 Å². The number of nitrogens with zero attached hydrogens (tertiary/aromatic N) is 3. The number of halogens is 1. The second kappa shape index (κ2) is 4.10. The highest BCUT2D eigenvalue weighted by molar-refractivity contribution is 6.33. The molecule has 1 aromatic carbocycles. The fourth-order valence-corrected chi connectivity index (χ4v) is 2.47. The molecule has 0 bridgehead atoms. The molecule has 6 nitrogen and oxygen atoms in total. The molecule has 2 heterocycles. The van der Waals surface area contributed by atoms with Crippen LogP contribution in [0.2, 0.25) is 5.02 Å². The van der Waals surface area contributed by atoms with Gasteiger partial charge >= 0.3 is 0 Å². The molecule has 3 rings (SSSR count). The number of hydrogen-bond donors (Lipinski definition) is 0. The van der Waals surface area contributed by atoms with Crippen LogP contribution in [0.15, 0.2) is 30.6 Å². The van der Waals surface area contributed by atoms with E-state index in [-0.39, 0.29) is 5.75 Å². The predicted molar refractivity (Wildman–Crippen MR) is 71.2 cm³/mol. The van der Waals surface area contributed by atoms with Crippen LogP contribution < -0.4 is 4.74 Å². The van der Waals surface area contributed by atoms with Crippen molar-refractivity contribution in [3.63, 3.8) is 0 Å². The van der Waals surface area contributed by atoms with Crippen molar-refractivity contribution in [3.05, 3.63) is 45.7 Å². The summed E-state index contributed by atoms with van der Waals surface area (Å²) in [6.07, 6.45) is 3.04. The second-order valence-electron chi connectivity index (χ2n) is 3.92. The number of nitro groups is 1. The fourth-order valence-electron chi connectivity index (χ4n) is 2.24. The van der Waals surface area contributed by atoms with E-state index in [1.807, 2.05) is 0 Å². The molecule has 96 valence electrons. The maximum atomic E-state index is 11.3. The lowest BCUT2D eigenvalue weighted by Crippen LogP contribution is -2.08. The van der Waals surface area contributed by atoms with Crippen LogP contribution in [-0.2, 0) is 0 Å². The van der Waals surface area contributed by atoms with E-state index < -0.39 is 5.03 Å². The Kier molecular flexibility index (Phi) is 2.53. The van der Waals surface area contributed by atoms with Gasteiger partial charge in [0.1, 0.15) is 5.52 Å². The molecule has 7 heteroatoms. The molecule has 0 saturated carbocycles. The number of benzene rings is 1. The molecule has 0 fully saturated rings. The Morgan fingerprint density at radius 3 is 2.84 bits per heavy atom. The molecule has 0 radical (unpaired) electrons. The summed E-state index contributed by atoms with van der Waals surface area (Å²) in [6.45, 7) is 0. The van der Waals surface area contributed by atoms with Gasteiger partial charge in [-0.25, -0.2) is 10.1 Å². The van der Waals surface area contributed by atoms with Crippen LogP contribution >= 0.6 is 11.6 Å². The van der Waals surface area contributed by atoms with E-state index in [0.29, 0.717) is 21.4 Å². The van der Waals surface area contributed by atoms with Gasteiger partial charge in [0.15, 0.2) is 16.3 Å². The summed E-state index contributed by atoms with van der Waals surface area (Å²) >= 11 is 6.03. The molecule has 0 unspecified atom stereocenters. The van der Waals surface area contributed by atoms with E-state index in [1.165, 1.54) is 13.3 Å². The number of pyridine rings is 1. The Bertz CT molecular complexity index is 813. The fraction of sp³-hybridized carbons (Fsp3) is 0.0833. The zero-order valence-electron chi connectivity index (χ0n) is 9.83. The van der Waals surface area contributed by atoms with Crippen LogP contribution in [0.5, 0.6) is 5.75 Å². The van der Waals surface area contributed by atoms with Crippen LogP contribution in [0.3, 0.4) is 0 Å². The van der Waals surface area contributed by atoms with Crippen molar-refractivity contribution in [1.29, 1.82) is 0 Å². The van der Waals surface area contributed by atoms with Crippen molar-refractivity contribution in [2.45, 2.75) is 0 Å². The lowest BCUT2D eigenvalue weighted by atomic mass is 10.2. The van der Waals surface area contributed by atoms with E-state index in [4.69, 9.17) is 16.3 Å². The Morgan fingerprint density at radius 1 is 1.37 bits per heavy atom. The largest absolute Gasteiger partial charge is 0.493 e. The molecule has 2 aromatic heterocycles. The zero-order chi connectivity index (χ0) is 13.6. The van der Waals surface area contributed by atoms with Gasteiger partial charge in [0, 0.05) is 17.0 Å². The minimum absolute atomic E-state index is 0.284. The molecule has 0 amide bonds. The van der Waals surface area contributed by atoms with Gasteiger partial charge in [0.2, 0.25) is 0 Å². The molecular weight excluding hydrogens is 270 g/mol. The first-order valence-corrected chi connectivity index (χ1v) is 5.78. The maximum absolute atomic E-state index is 11.3. The maximum Gasteiger partial charge on any atom is 0.170 e. The minimum atomic E-state index is -0.509. The summed E-state index contributed by atoms with van der Waals surface area (Å²) in [5.41, 5.74) is 0.742. The summed E-state index contributed by atoms with van der Waals surface area (Å²) in [4.78, 5) is 15.2. The smallest absolute Gasteiger partial charge is 0.170 e. The van der Waals surface area contributed by atoms with Crippen LogP contribution in [0.4, 0.5) is 0 Å². The van der Waals surface area contributed by atoms with Crippen molar-refractivity contribution >= 4 is 33.4 Å². The zero-order valence-corrected chi connectivity index (χ0v) is 10.6. The first-order valence-electron chi connectivity index (χ1n) is 5.40. The number of ether oxygens (including phenoxy) is 1. The SMILES string of the molecule is COc1c(Cl)ccc2c3ccncc3n([N+](=O)[O-])c12. The number of methoxy groups -OCH3 is 1. The third-order valence-corrected chi connectivity index (χ3v) is 3.28. The molecule has 0 atom stereocenters. The van der Waals surface area contributed by atoms with Gasteiger partial charge in [-0.15, -0.1) is 0 Å². The summed E-state index contributed by atoms with van der Waals surface area (Å²) < 4.78 is 6.15. The lowest BCUT2D eigenvalue weighted by Gasteiger charge is -2.04. The van der Waals surface area contributed by atoms with Gasteiger partial charge in [0.05, 0.1) is 18.3 Å². The normalized spacial score (nSPS) is 11.1. The molecule has 0 aliphatic carbocycles. The van der Waals surface area contributed by atoms with Crippen LogP contribution in [0.1, 0.15) is 0 Å². The molecule has 0 saturated heterocycles. The molecule has 19 heavy (non-hydrogen) atoms. The van der Waals surface area contributed by atoms with E-state index in [2.05, 4.69) is 4.98 Å². The molecule has 0 aliphatic rings. The van der Waals surface area contributed by atoms with Crippen molar-refractivity contribution < 1.29 is 9.77 Å². The monoisotopic (exact) mass is 277 g/mol. The highest BCUT2D eigenvalue weighted by Crippen LogP contribution is 2.38. The topological polar surface area (TPSA) is 70.2 Å². The average Bonchev–Trinajstić information content (AvgIpc) is 2.73. The van der Waals surface area contributed by atoms with E-state index in [1.54, 1.807) is 24.4 Å². The van der Waals surface area contributed by atoms with Crippen LogP contribution in [0.25, 0.3) is 21.8 Å². The van der Waals surface area contributed by atoms with Gasteiger partial charge in [0.25, 0.3) is 0 Å². The van der Waals surface area contributed by atoms with Crippen molar-refractivity contribution in [2.75, 3.05) is 7.11 Å². The Hall–Kier alpha value is -2.34. The van der Waals surface area contributed by atoms with Gasteiger partial charge < -0.3 is 4.74 Å². The molecule has 0 N–H and O–H groups in total. The van der Waals surface area contributed by atoms with E-state index >= 15 is 0 Å². The average molecular weight is 278 g/mol. The quantitative estimate of drug-likeness (QED) is 0.533. The van der Waals surface area contributed by atoms with Crippen LogP contribution in [-0.4, -0.2) is 21.8 Å². The van der Waals surface area contributed by atoms with Gasteiger partial charge in [-0.2, -0.15) is 0 Å². The minimum Gasteiger partial charge on any atom is -0.493 e. The van der Waals surface area contributed by atoms with Crippen LogP contribution in [0, 0.1) is 10.1 Å². The molecule has 3 aromatic rings. The van der Waals surface area contributed by atoms with Gasteiger partial charge in [-0.05, 0) is 12.1 Å². The highest BCUT2D eigenvalue weighted by Gasteiger charge is 2.22. The van der Waals surface area contributed by atoms with Gasteiger partial charge in [-0.3, -0.25) is 4.98 Å². The summed E-state index contributed by atoms with van der Waals surface area (Å²) in [7, 11) is 1.43. The van der Waals surface area contributed by atoms with E-state index in [0.717, 1.165) is 10.1 Å². The standard InChI is InChI=1S/C12H8ClN3O3/c1-19-12-9(13)3-2-8-7-4-5-14-6-10(7)15(11(8)12)16(17)18/h2-6H,1H3. The summed E-state index contributed by atoms with van der Waals surface area (Å²) in [5, 5.41) is 12.6. The molecule has 0 spiro atoms. The number of aromatic nitrogens is 2. The molecular formula is C12H8ClN3O3. The first kappa shape index (κ1) is 11.7. The van der Waals surface area contributed by atoms with E-state index in [9.17, 15) is 10.1 Å². The Morgan fingerprint density at radius 2 is 2.16 bits per heavy atom. The summed E-state index contributed by atoms with van der Waals surface area (Å²) in [6, 6.07) is 5.13. The first-order chi connectivity index (χ1) is 9.15. The number of rotatable bonds is 2. The molecule has 0 aliphatic heterocycles.